The third-order valence-corrected chi connectivity index (χ3v) is 2.72. The minimum absolute atomic E-state index is 0.0339. The van der Waals surface area contributed by atoms with Gasteiger partial charge in [0.25, 0.3) is 0 Å². The standard InChI is InChI=1S/C13H17NO5/c14-11(16)7-10(15)13(19)9-4-1-8(2-5-9)3-6-12(17)18/h1-2,4-5,10,13,15,19H,3,6-7H2,(H2,14,16)(H,17,18). The number of primary amides is 1. The van der Waals surface area contributed by atoms with Crippen molar-refractivity contribution in [2.75, 3.05) is 0 Å². The average molecular weight is 267 g/mol. The molecule has 1 aromatic carbocycles. The summed E-state index contributed by atoms with van der Waals surface area (Å²) in [5, 5.41) is 27.9. The van der Waals surface area contributed by atoms with Crippen molar-refractivity contribution in [2.45, 2.75) is 31.5 Å². The van der Waals surface area contributed by atoms with E-state index in [0.717, 1.165) is 5.56 Å². The Morgan fingerprint density at radius 1 is 1.16 bits per heavy atom. The Morgan fingerprint density at radius 2 is 1.74 bits per heavy atom. The smallest absolute Gasteiger partial charge is 0.303 e. The van der Waals surface area contributed by atoms with E-state index in [2.05, 4.69) is 0 Å². The second-order valence-corrected chi connectivity index (χ2v) is 4.32. The molecule has 0 aromatic heterocycles. The second kappa shape index (κ2) is 6.86. The van der Waals surface area contributed by atoms with E-state index < -0.39 is 24.1 Å². The molecule has 0 heterocycles. The first kappa shape index (κ1) is 15.1. The van der Waals surface area contributed by atoms with E-state index in [0.29, 0.717) is 12.0 Å². The van der Waals surface area contributed by atoms with E-state index in [4.69, 9.17) is 10.8 Å². The van der Waals surface area contributed by atoms with Crippen molar-refractivity contribution in [3.8, 4) is 0 Å². The Kier molecular flexibility index (Phi) is 5.47. The van der Waals surface area contributed by atoms with Crippen LogP contribution in [0.5, 0.6) is 0 Å². The van der Waals surface area contributed by atoms with Crippen molar-refractivity contribution in [1.82, 2.24) is 0 Å². The number of carbonyl (C=O) groups excluding carboxylic acids is 1. The number of hydrogen-bond acceptors (Lipinski definition) is 4. The predicted octanol–water partition coefficient (Wildman–Crippen LogP) is -0.0265. The van der Waals surface area contributed by atoms with E-state index in [1.54, 1.807) is 24.3 Å². The van der Waals surface area contributed by atoms with Gasteiger partial charge in [0.05, 0.1) is 12.5 Å². The molecule has 1 amide bonds. The molecule has 2 unspecified atom stereocenters. The second-order valence-electron chi connectivity index (χ2n) is 4.32. The van der Waals surface area contributed by atoms with Crippen molar-refractivity contribution >= 4 is 11.9 Å². The minimum atomic E-state index is -1.25. The minimum Gasteiger partial charge on any atom is -0.481 e. The molecule has 0 aliphatic rings. The number of rotatable bonds is 7. The molecule has 0 aliphatic heterocycles. The van der Waals surface area contributed by atoms with Crippen LogP contribution < -0.4 is 5.73 Å². The highest BCUT2D eigenvalue weighted by atomic mass is 16.4. The molecule has 0 bridgehead atoms. The molecule has 0 aliphatic carbocycles. The van der Waals surface area contributed by atoms with E-state index in [1.165, 1.54) is 0 Å². The van der Waals surface area contributed by atoms with Gasteiger partial charge in [-0.3, -0.25) is 9.59 Å². The van der Waals surface area contributed by atoms with Crippen LogP contribution in [0.2, 0.25) is 0 Å². The summed E-state index contributed by atoms with van der Waals surface area (Å²) in [6.45, 7) is 0. The van der Waals surface area contributed by atoms with Gasteiger partial charge >= 0.3 is 5.97 Å². The Bertz CT molecular complexity index is 443. The summed E-state index contributed by atoms with van der Waals surface area (Å²) in [5.74, 6) is -1.56. The van der Waals surface area contributed by atoms with Crippen LogP contribution in [0.15, 0.2) is 24.3 Å². The average Bonchev–Trinajstić information content (AvgIpc) is 2.35. The van der Waals surface area contributed by atoms with Gasteiger partial charge in [0, 0.05) is 6.42 Å². The van der Waals surface area contributed by atoms with Crippen LogP contribution in [0.1, 0.15) is 30.1 Å². The normalized spacial score (nSPS) is 13.8. The maximum atomic E-state index is 10.6. The number of aliphatic hydroxyl groups is 2. The third-order valence-electron chi connectivity index (χ3n) is 2.72. The van der Waals surface area contributed by atoms with Crippen LogP contribution in [0.3, 0.4) is 0 Å². The number of benzene rings is 1. The first-order chi connectivity index (χ1) is 8.90. The molecular formula is C13H17NO5. The first-order valence-electron chi connectivity index (χ1n) is 5.85. The SMILES string of the molecule is NC(=O)CC(O)C(O)c1ccc(CCC(=O)O)cc1. The predicted molar refractivity (Wildman–Crippen MR) is 67.2 cm³/mol. The van der Waals surface area contributed by atoms with Crippen LogP contribution in [0, 0.1) is 0 Å². The molecule has 0 radical (unpaired) electrons. The zero-order chi connectivity index (χ0) is 14.4. The Balaban J connectivity index is 2.64. The van der Waals surface area contributed by atoms with Crippen molar-refractivity contribution in [2.24, 2.45) is 5.73 Å². The molecule has 0 spiro atoms. The molecular weight excluding hydrogens is 250 g/mol. The summed E-state index contributed by atoms with van der Waals surface area (Å²) < 4.78 is 0. The summed E-state index contributed by atoms with van der Waals surface area (Å²) in [6, 6.07) is 6.54. The van der Waals surface area contributed by atoms with E-state index in [9.17, 15) is 19.8 Å². The zero-order valence-corrected chi connectivity index (χ0v) is 10.3. The van der Waals surface area contributed by atoms with Gasteiger partial charge in [0.1, 0.15) is 6.10 Å². The number of nitrogens with two attached hydrogens (primary N) is 1. The molecule has 0 fully saturated rings. The van der Waals surface area contributed by atoms with E-state index >= 15 is 0 Å². The number of hydrogen-bond donors (Lipinski definition) is 4. The number of aliphatic carboxylic acids is 1. The maximum absolute atomic E-state index is 10.6. The van der Waals surface area contributed by atoms with E-state index in [-0.39, 0.29) is 12.8 Å². The Morgan fingerprint density at radius 3 is 2.21 bits per heavy atom. The maximum Gasteiger partial charge on any atom is 0.303 e. The summed E-state index contributed by atoms with van der Waals surface area (Å²) >= 11 is 0. The monoisotopic (exact) mass is 267 g/mol. The fourth-order valence-corrected chi connectivity index (χ4v) is 1.67. The van der Waals surface area contributed by atoms with Crippen molar-refractivity contribution in [3.05, 3.63) is 35.4 Å². The van der Waals surface area contributed by atoms with Gasteiger partial charge in [-0.05, 0) is 17.5 Å². The molecule has 0 saturated heterocycles. The molecule has 6 nitrogen and oxygen atoms in total. The highest BCUT2D eigenvalue weighted by Gasteiger charge is 2.20. The van der Waals surface area contributed by atoms with Gasteiger partial charge in [-0.2, -0.15) is 0 Å². The van der Waals surface area contributed by atoms with Crippen LogP contribution in [0.25, 0.3) is 0 Å². The molecule has 5 N–H and O–H groups in total. The molecule has 1 rings (SSSR count). The van der Waals surface area contributed by atoms with Gasteiger partial charge in [-0.15, -0.1) is 0 Å². The Labute approximate surface area is 110 Å². The molecule has 2 atom stereocenters. The number of amides is 1. The number of carbonyl (C=O) groups is 2. The lowest BCUT2D eigenvalue weighted by Gasteiger charge is -2.17. The highest BCUT2D eigenvalue weighted by Crippen LogP contribution is 2.19. The van der Waals surface area contributed by atoms with Crippen molar-refractivity contribution < 1.29 is 24.9 Å². The summed E-state index contributed by atoms with van der Waals surface area (Å²) in [7, 11) is 0. The van der Waals surface area contributed by atoms with Crippen LogP contribution >= 0.6 is 0 Å². The van der Waals surface area contributed by atoms with Gasteiger partial charge in [-0.1, -0.05) is 24.3 Å². The van der Waals surface area contributed by atoms with Crippen molar-refractivity contribution in [1.29, 1.82) is 0 Å². The Hall–Kier alpha value is -1.92. The highest BCUT2D eigenvalue weighted by molar-refractivity contribution is 5.74. The number of aliphatic hydroxyl groups excluding tert-OH is 2. The number of aryl methyl sites for hydroxylation is 1. The number of carboxylic acid groups (broad SMARTS) is 1. The largest absolute Gasteiger partial charge is 0.481 e. The van der Waals surface area contributed by atoms with Crippen molar-refractivity contribution in [3.63, 3.8) is 0 Å². The molecule has 1 aromatic rings. The summed E-state index contributed by atoms with van der Waals surface area (Å²) in [5.41, 5.74) is 6.21. The topological polar surface area (TPSA) is 121 Å². The zero-order valence-electron chi connectivity index (χ0n) is 10.3. The van der Waals surface area contributed by atoms with Gasteiger partial charge < -0.3 is 21.1 Å². The number of carboxylic acids is 1. The van der Waals surface area contributed by atoms with Crippen LogP contribution in [0.4, 0.5) is 0 Å². The lowest BCUT2D eigenvalue weighted by molar-refractivity contribution is -0.137. The summed E-state index contributed by atoms with van der Waals surface area (Å²) in [6.07, 6.45) is -2.33. The summed E-state index contributed by atoms with van der Waals surface area (Å²) in [4.78, 5) is 21.1. The van der Waals surface area contributed by atoms with Crippen LogP contribution in [-0.2, 0) is 16.0 Å². The molecule has 104 valence electrons. The lowest BCUT2D eigenvalue weighted by atomic mass is 9.99. The molecule has 19 heavy (non-hydrogen) atoms. The fourth-order valence-electron chi connectivity index (χ4n) is 1.67. The van der Waals surface area contributed by atoms with E-state index in [1.807, 2.05) is 0 Å². The fraction of sp³-hybridized carbons (Fsp3) is 0.385. The van der Waals surface area contributed by atoms with Gasteiger partial charge in [-0.25, -0.2) is 0 Å². The first-order valence-corrected chi connectivity index (χ1v) is 5.85. The quantitative estimate of drug-likeness (QED) is 0.553. The lowest BCUT2D eigenvalue weighted by Crippen LogP contribution is -2.25. The van der Waals surface area contributed by atoms with Crippen LogP contribution in [-0.4, -0.2) is 33.3 Å². The molecule has 6 heteroatoms. The molecule has 0 saturated carbocycles. The third kappa shape index (κ3) is 5.07. The van der Waals surface area contributed by atoms with Gasteiger partial charge in [0.15, 0.2) is 0 Å². The van der Waals surface area contributed by atoms with Gasteiger partial charge in [0.2, 0.25) is 5.91 Å².